The minimum Gasteiger partial charge on any atom is -0.240 e. The van der Waals surface area contributed by atoms with E-state index in [2.05, 4.69) is 70.8 Å². The molecule has 0 aliphatic carbocycles. The SMILES string of the molecule is CB(C)I.CCCCn1cc[n+](C)c1.N#CNC#N.N#CNC#N. The number of halogens is 1. The topological polar surface area (TPSA) is 128 Å². The summed E-state index contributed by atoms with van der Waals surface area (Å²) in [4.78, 5) is 0. The molecule has 0 aliphatic rings. The van der Waals surface area contributed by atoms with Crippen molar-refractivity contribution in [2.45, 2.75) is 40.0 Å². The second-order valence-electron chi connectivity index (χ2n) is 4.38. The van der Waals surface area contributed by atoms with Crippen LogP contribution >= 0.6 is 22.4 Å². The molecule has 0 unspecified atom stereocenters. The molecule has 128 valence electrons. The van der Waals surface area contributed by atoms with Crippen molar-refractivity contribution < 1.29 is 4.57 Å². The standard InChI is InChI=1S/C8H15N2.C2H6BI.2C2HN3/c1-3-4-5-10-7-6-9(2)8-10;1-3(2)4;2*3-1-5-2-4/h6-8H,3-5H2,1-2H3;1-2H3;2*5H/q+1;;;. The molecule has 8 nitrogen and oxygen atoms in total. The Morgan fingerprint density at radius 1 is 1.08 bits per heavy atom. The number of nitrogens with one attached hydrogen (secondary N) is 2. The number of hydrogen-bond donors (Lipinski definition) is 2. The molecule has 2 N–H and O–H groups in total. The molecule has 0 aromatic carbocycles. The van der Waals surface area contributed by atoms with Crippen molar-refractivity contribution in [1.29, 1.82) is 21.0 Å². The second kappa shape index (κ2) is 22.8. The zero-order chi connectivity index (χ0) is 19.2. The summed E-state index contributed by atoms with van der Waals surface area (Å²) in [6, 6.07) is 0. The van der Waals surface area contributed by atoms with E-state index in [1.807, 2.05) is 7.05 Å². The summed E-state index contributed by atoms with van der Waals surface area (Å²) >= 11 is 2.34. The van der Waals surface area contributed by atoms with Crippen LogP contribution in [0.2, 0.25) is 13.6 Å². The van der Waals surface area contributed by atoms with Crippen LogP contribution in [0.5, 0.6) is 0 Å². The molecule has 1 rings (SSSR count). The Morgan fingerprint density at radius 3 is 1.71 bits per heavy atom. The third-order valence-corrected chi connectivity index (χ3v) is 1.82. The molecule has 1 aromatic rings. The first-order valence-corrected chi connectivity index (χ1v) is 8.35. The molecule has 1 heterocycles. The summed E-state index contributed by atoms with van der Waals surface area (Å²) < 4.78 is 5.08. The Morgan fingerprint density at radius 2 is 1.50 bits per heavy atom. The fourth-order valence-electron chi connectivity index (χ4n) is 1.02. The molecule has 0 atom stereocenters. The summed E-state index contributed by atoms with van der Waals surface area (Å²) in [6.45, 7) is 7.67. The Hall–Kier alpha value is -2.44. The van der Waals surface area contributed by atoms with Crippen molar-refractivity contribution in [2.75, 3.05) is 0 Å². The molecule has 0 spiro atoms. The maximum absolute atomic E-state index is 7.48. The van der Waals surface area contributed by atoms with E-state index in [-0.39, 0.29) is 0 Å². The second-order valence-corrected chi connectivity index (χ2v) is 6.87. The zero-order valence-corrected chi connectivity index (χ0v) is 16.6. The number of imidazole rings is 1. The average Bonchev–Trinajstić information content (AvgIpc) is 2.93. The third-order valence-electron chi connectivity index (χ3n) is 1.82. The van der Waals surface area contributed by atoms with E-state index in [4.69, 9.17) is 21.0 Å². The zero-order valence-electron chi connectivity index (χ0n) is 14.5. The molecule has 0 fully saturated rings. The molecule has 0 bridgehead atoms. The van der Waals surface area contributed by atoms with Crippen LogP contribution in [0.4, 0.5) is 0 Å². The third kappa shape index (κ3) is 31.8. The van der Waals surface area contributed by atoms with Crippen molar-refractivity contribution in [3.8, 4) is 24.8 Å². The maximum Gasteiger partial charge on any atom is 0.243 e. The van der Waals surface area contributed by atoms with Crippen LogP contribution in [0.1, 0.15) is 19.8 Å². The van der Waals surface area contributed by atoms with Gasteiger partial charge in [-0.25, -0.2) is 19.8 Å². The first-order valence-electron chi connectivity index (χ1n) is 7.10. The van der Waals surface area contributed by atoms with Gasteiger partial charge in [-0.2, -0.15) is 43.4 Å². The number of hydrogen-bond acceptors (Lipinski definition) is 6. The van der Waals surface area contributed by atoms with Crippen molar-refractivity contribution in [1.82, 2.24) is 15.2 Å². The Labute approximate surface area is 158 Å². The number of nitrogens with zero attached hydrogens (tertiary/aromatic N) is 6. The maximum atomic E-state index is 7.48. The summed E-state index contributed by atoms with van der Waals surface area (Å²) in [7, 11) is 2.04. The van der Waals surface area contributed by atoms with Crippen LogP contribution < -0.4 is 15.2 Å². The fraction of sp³-hybridized carbons (Fsp3) is 0.500. The van der Waals surface area contributed by atoms with E-state index >= 15 is 0 Å². The minimum atomic E-state index is 0.803. The van der Waals surface area contributed by atoms with Gasteiger partial charge in [-0.05, 0) is 6.42 Å². The molecular weight excluding hydrogens is 418 g/mol. The van der Waals surface area contributed by atoms with Crippen molar-refractivity contribution in [3.63, 3.8) is 0 Å². The Bertz CT molecular complexity index is 506. The Kier molecular flexibility index (Phi) is 25.2. The lowest BCUT2D eigenvalue weighted by Gasteiger charge is -1.90. The highest BCUT2D eigenvalue weighted by Crippen LogP contribution is 1.91. The van der Waals surface area contributed by atoms with Crippen LogP contribution in [0, 0.1) is 45.8 Å². The predicted molar refractivity (Wildman–Crippen MR) is 101 cm³/mol. The lowest BCUT2D eigenvalue weighted by atomic mass is 9.87. The number of aryl methyl sites for hydroxylation is 2. The molecule has 0 saturated heterocycles. The molecule has 0 aliphatic heterocycles. The van der Waals surface area contributed by atoms with Crippen LogP contribution in [-0.2, 0) is 13.6 Å². The lowest BCUT2D eigenvalue weighted by molar-refractivity contribution is -0.671. The van der Waals surface area contributed by atoms with Crippen LogP contribution in [0.15, 0.2) is 18.7 Å². The van der Waals surface area contributed by atoms with Gasteiger partial charge in [0.2, 0.25) is 10.9 Å². The fourth-order valence-corrected chi connectivity index (χ4v) is 1.02. The molecular formula is C14H23BIN8+. The number of unbranched alkanes of at least 4 members (excludes halogenated alkanes) is 1. The smallest absolute Gasteiger partial charge is 0.240 e. The van der Waals surface area contributed by atoms with Gasteiger partial charge in [0, 0.05) is 0 Å². The van der Waals surface area contributed by atoms with Crippen molar-refractivity contribution >= 4 is 26.9 Å². The molecule has 0 saturated carbocycles. The van der Waals surface area contributed by atoms with Gasteiger partial charge in [-0.1, -0.05) is 27.0 Å². The van der Waals surface area contributed by atoms with Crippen molar-refractivity contribution in [2.24, 2.45) is 7.05 Å². The highest BCUT2D eigenvalue weighted by Gasteiger charge is 1.96. The number of rotatable bonds is 3. The van der Waals surface area contributed by atoms with Gasteiger partial charge in [0.1, 0.15) is 12.4 Å². The van der Waals surface area contributed by atoms with Gasteiger partial charge in [-0.15, -0.1) is 0 Å². The molecule has 0 radical (unpaired) electrons. The lowest BCUT2D eigenvalue weighted by Crippen LogP contribution is -2.23. The van der Waals surface area contributed by atoms with Crippen LogP contribution in [0.25, 0.3) is 0 Å². The molecule has 1 aromatic heterocycles. The van der Waals surface area contributed by atoms with E-state index in [0.29, 0.717) is 0 Å². The van der Waals surface area contributed by atoms with Crippen molar-refractivity contribution in [3.05, 3.63) is 18.7 Å². The van der Waals surface area contributed by atoms with Crippen LogP contribution in [0.3, 0.4) is 0 Å². The summed E-state index contributed by atoms with van der Waals surface area (Å²) in [5, 5.41) is 33.4. The molecule has 10 heteroatoms. The highest BCUT2D eigenvalue weighted by molar-refractivity contribution is 14.1. The first kappa shape index (κ1) is 26.5. The van der Waals surface area contributed by atoms with Gasteiger partial charge >= 0.3 is 0 Å². The Balaban J connectivity index is -0.000000270. The van der Waals surface area contributed by atoms with E-state index in [1.54, 1.807) is 10.6 Å². The van der Waals surface area contributed by atoms with Gasteiger partial charge < -0.3 is 0 Å². The van der Waals surface area contributed by atoms with E-state index < -0.39 is 0 Å². The van der Waals surface area contributed by atoms with Crippen LogP contribution in [-0.4, -0.2) is 9.14 Å². The predicted octanol–water partition coefficient (Wildman–Crippen LogP) is 1.86. The molecule has 0 amide bonds. The van der Waals surface area contributed by atoms with Gasteiger partial charge in [0.25, 0.3) is 0 Å². The summed E-state index contributed by atoms with van der Waals surface area (Å²) in [5.74, 6) is 0. The van der Waals surface area contributed by atoms with E-state index in [0.717, 1.165) is 11.1 Å². The minimum absolute atomic E-state index is 0.803. The first-order chi connectivity index (χ1) is 11.4. The van der Waals surface area contributed by atoms with Gasteiger partial charge in [-0.3, -0.25) is 0 Å². The quantitative estimate of drug-likeness (QED) is 0.242. The summed E-state index contributed by atoms with van der Waals surface area (Å²) in [5.41, 5.74) is 0. The van der Waals surface area contributed by atoms with Gasteiger partial charge in [0.05, 0.1) is 13.6 Å². The highest BCUT2D eigenvalue weighted by atomic mass is 127. The average molecular weight is 441 g/mol. The van der Waals surface area contributed by atoms with E-state index in [1.165, 1.54) is 37.6 Å². The number of aromatic nitrogens is 2. The van der Waals surface area contributed by atoms with E-state index in [9.17, 15) is 0 Å². The van der Waals surface area contributed by atoms with Gasteiger partial charge in [0.15, 0.2) is 24.8 Å². The molecule has 24 heavy (non-hydrogen) atoms. The normalized spacial score (nSPS) is 6.88. The monoisotopic (exact) mass is 441 g/mol. The number of nitriles is 4. The summed E-state index contributed by atoms with van der Waals surface area (Å²) in [6.07, 6.45) is 14.4. The largest absolute Gasteiger partial charge is 0.243 e.